The Balaban J connectivity index is 1.71. The molecule has 1 aromatic carbocycles. The Morgan fingerprint density at radius 1 is 1.04 bits per heavy atom. The van der Waals surface area contributed by atoms with E-state index in [9.17, 15) is 9.59 Å². The first-order valence-corrected chi connectivity index (χ1v) is 9.82. The third-order valence-electron chi connectivity index (χ3n) is 5.18. The molecule has 2 fully saturated rings. The van der Waals surface area contributed by atoms with Crippen molar-refractivity contribution in [1.82, 2.24) is 10.0 Å². The molecule has 1 saturated heterocycles. The zero-order chi connectivity index (χ0) is 19.4. The average molecular weight is 374 g/mol. The van der Waals surface area contributed by atoms with E-state index >= 15 is 0 Å². The van der Waals surface area contributed by atoms with Gasteiger partial charge in [0.05, 0.1) is 0 Å². The zero-order valence-corrected chi connectivity index (χ0v) is 16.5. The third kappa shape index (κ3) is 5.22. The largest absolute Gasteiger partial charge is 0.443 e. The van der Waals surface area contributed by atoms with E-state index in [1.165, 1.54) is 12.8 Å². The molecule has 6 nitrogen and oxygen atoms in total. The Morgan fingerprint density at radius 3 is 2.19 bits per heavy atom. The number of hydrazine groups is 1. The highest BCUT2D eigenvalue weighted by atomic mass is 16.6. The van der Waals surface area contributed by atoms with Gasteiger partial charge in [-0.25, -0.2) is 14.6 Å². The number of carbonyl (C=O) groups is 2. The van der Waals surface area contributed by atoms with Gasteiger partial charge in [-0.05, 0) is 51.0 Å². The van der Waals surface area contributed by atoms with Gasteiger partial charge in [-0.2, -0.15) is 0 Å². The SMILES string of the molecule is CC(C)(C)OC(=O)N(C(=O)OCc1ccccc1)N1CC2CCCCC2C1. The molecular weight excluding hydrogens is 344 g/mol. The first-order valence-electron chi connectivity index (χ1n) is 9.82. The number of hydrogen-bond donors (Lipinski definition) is 0. The first kappa shape index (κ1) is 19.7. The number of benzene rings is 1. The van der Waals surface area contributed by atoms with Gasteiger partial charge in [-0.15, -0.1) is 5.01 Å². The van der Waals surface area contributed by atoms with Crippen LogP contribution in [0.1, 0.15) is 52.0 Å². The Morgan fingerprint density at radius 2 is 1.63 bits per heavy atom. The predicted octanol–water partition coefficient (Wildman–Crippen LogP) is 4.60. The molecule has 2 atom stereocenters. The highest BCUT2D eigenvalue weighted by Gasteiger charge is 2.42. The van der Waals surface area contributed by atoms with E-state index in [0.717, 1.165) is 23.4 Å². The van der Waals surface area contributed by atoms with Crippen LogP contribution < -0.4 is 0 Å². The number of carbonyl (C=O) groups excluding carboxylic acids is 2. The number of fused-ring (bicyclic) bond motifs is 1. The fraction of sp³-hybridized carbons (Fsp3) is 0.619. The summed E-state index contributed by atoms with van der Waals surface area (Å²) >= 11 is 0. The minimum absolute atomic E-state index is 0.125. The summed E-state index contributed by atoms with van der Waals surface area (Å²) in [4.78, 5) is 25.6. The minimum atomic E-state index is -0.679. The van der Waals surface area contributed by atoms with E-state index in [-0.39, 0.29) is 6.61 Å². The number of imide groups is 1. The average Bonchev–Trinajstić information content (AvgIpc) is 3.02. The minimum Gasteiger partial charge on any atom is -0.443 e. The van der Waals surface area contributed by atoms with Crippen molar-refractivity contribution >= 4 is 12.2 Å². The lowest BCUT2D eigenvalue weighted by Crippen LogP contribution is -2.51. The summed E-state index contributed by atoms with van der Waals surface area (Å²) in [6.07, 6.45) is 3.41. The second kappa shape index (κ2) is 8.30. The molecule has 0 bridgehead atoms. The van der Waals surface area contributed by atoms with Crippen molar-refractivity contribution in [1.29, 1.82) is 0 Å². The molecule has 0 N–H and O–H groups in total. The normalized spacial score (nSPS) is 22.8. The van der Waals surface area contributed by atoms with E-state index in [4.69, 9.17) is 9.47 Å². The maximum atomic E-state index is 12.8. The van der Waals surface area contributed by atoms with Crippen LogP contribution in [0.25, 0.3) is 0 Å². The van der Waals surface area contributed by atoms with Crippen molar-refractivity contribution in [3.05, 3.63) is 35.9 Å². The molecule has 1 aliphatic heterocycles. The number of nitrogens with zero attached hydrogens (tertiary/aromatic N) is 2. The van der Waals surface area contributed by atoms with Gasteiger partial charge >= 0.3 is 12.2 Å². The quantitative estimate of drug-likeness (QED) is 0.774. The Kier molecular flexibility index (Phi) is 6.05. The molecule has 1 aromatic rings. The third-order valence-corrected chi connectivity index (χ3v) is 5.18. The van der Waals surface area contributed by atoms with Gasteiger partial charge in [0.2, 0.25) is 0 Å². The topological polar surface area (TPSA) is 59.1 Å². The van der Waals surface area contributed by atoms with Gasteiger partial charge in [0, 0.05) is 13.1 Å². The molecule has 0 aromatic heterocycles. The van der Waals surface area contributed by atoms with Gasteiger partial charge < -0.3 is 9.47 Å². The molecule has 2 amide bonds. The maximum Gasteiger partial charge on any atom is 0.435 e. The molecule has 0 radical (unpaired) electrons. The fourth-order valence-corrected chi connectivity index (χ4v) is 3.94. The molecule has 1 heterocycles. The zero-order valence-electron chi connectivity index (χ0n) is 16.5. The number of hydrogen-bond acceptors (Lipinski definition) is 5. The molecular formula is C21H30N2O4. The van der Waals surface area contributed by atoms with Crippen LogP contribution in [0.2, 0.25) is 0 Å². The van der Waals surface area contributed by atoms with Crippen LogP contribution in [-0.4, -0.2) is 40.9 Å². The van der Waals surface area contributed by atoms with Gasteiger partial charge in [0.1, 0.15) is 12.2 Å². The lowest BCUT2D eigenvalue weighted by Gasteiger charge is -2.31. The summed E-state index contributed by atoms with van der Waals surface area (Å²) < 4.78 is 10.9. The van der Waals surface area contributed by atoms with E-state index < -0.39 is 17.8 Å². The van der Waals surface area contributed by atoms with Gasteiger partial charge in [-0.3, -0.25) is 0 Å². The van der Waals surface area contributed by atoms with E-state index in [0.29, 0.717) is 24.9 Å². The molecule has 148 valence electrons. The highest BCUT2D eigenvalue weighted by Crippen LogP contribution is 2.37. The second-order valence-corrected chi connectivity index (χ2v) is 8.51. The Labute approximate surface area is 161 Å². The highest BCUT2D eigenvalue weighted by molar-refractivity contribution is 5.87. The summed E-state index contributed by atoms with van der Waals surface area (Å²) in [6, 6.07) is 9.45. The smallest absolute Gasteiger partial charge is 0.435 e. The van der Waals surface area contributed by atoms with E-state index in [2.05, 4.69) is 0 Å². The van der Waals surface area contributed by atoms with Crippen LogP contribution in [0.3, 0.4) is 0 Å². The monoisotopic (exact) mass is 374 g/mol. The van der Waals surface area contributed by atoms with Crippen LogP contribution in [0.15, 0.2) is 30.3 Å². The number of amides is 2. The van der Waals surface area contributed by atoms with Crippen molar-refractivity contribution in [3.63, 3.8) is 0 Å². The van der Waals surface area contributed by atoms with Gasteiger partial charge in [0.15, 0.2) is 0 Å². The molecule has 6 heteroatoms. The summed E-state index contributed by atoms with van der Waals surface area (Å²) in [5.41, 5.74) is 0.201. The summed E-state index contributed by atoms with van der Waals surface area (Å²) in [7, 11) is 0. The summed E-state index contributed by atoms with van der Waals surface area (Å²) in [6.45, 7) is 6.90. The fourth-order valence-electron chi connectivity index (χ4n) is 3.94. The predicted molar refractivity (Wildman–Crippen MR) is 102 cm³/mol. The lowest BCUT2D eigenvalue weighted by atomic mass is 9.82. The molecule has 2 aliphatic rings. The molecule has 1 aliphatic carbocycles. The van der Waals surface area contributed by atoms with Crippen LogP contribution in [0.5, 0.6) is 0 Å². The van der Waals surface area contributed by atoms with Crippen molar-refractivity contribution < 1.29 is 19.1 Å². The van der Waals surface area contributed by atoms with Crippen LogP contribution in [0.4, 0.5) is 9.59 Å². The van der Waals surface area contributed by atoms with Crippen LogP contribution in [0, 0.1) is 11.8 Å². The van der Waals surface area contributed by atoms with Crippen molar-refractivity contribution in [2.24, 2.45) is 11.8 Å². The molecule has 27 heavy (non-hydrogen) atoms. The molecule has 2 unspecified atom stereocenters. The lowest BCUT2D eigenvalue weighted by molar-refractivity contribution is -0.0397. The summed E-state index contributed by atoms with van der Waals surface area (Å²) in [5.74, 6) is 1.07. The van der Waals surface area contributed by atoms with Gasteiger partial charge in [-0.1, -0.05) is 43.2 Å². The Hall–Kier alpha value is -2.08. The molecule has 3 rings (SSSR count). The van der Waals surface area contributed by atoms with Crippen LogP contribution in [-0.2, 0) is 16.1 Å². The molecule has 1 saturated carbocycles. The number of ether oxygens (including phenoxy) is 2. The Bertz CT molecular complexity index is 642. The number of rotatable bonds is 3. The first-order chi connectivity index (χ1) is 12.8. The van der Waals surface area contributed by atoms with Crippen molar-refractivity contribution in [2.75, 3.05) is 13.1 Å². The van der Waals surface area contributed by atoms with E-state index in [1.54, 1.807) is 20.8 Å². The standard InChI is InChI=1S/C21H30N2O4/c1-21(2,3)27-20(25)23(19(24)26-15-16-9-5-4-6-10-16)22-13-17-11-7-8-12-18(17)14-22/h4-6,9-10,17-18H,7-8,11-15H2,1-3H3. The van der Waals surface area contributed by atoms with Crippen molar-refractivity contribution in [3.8, 4) is 0 Å². The van der Waals surface area contributed by atoms with Crippen LogP contribution >= 0.6 is 0 Å². The maximum absolute atomic E-state index is 12.8. The van der Waals surface area contributed by atoms with Gasteiger partial charge in [0.25, 0.3) is 0 Å². The summed E-state index contributed by atoms with van der Waals surface area (Å²) in [5, 5.41) is 2.90. The van der Waals surface area contributed by atoms with E-state index in [1.807, 2.05) is 35.3 Å². The van der Waals surface area contributed by atoms with Crippen molar-refractivity contribution in [2.45, 2.75) is 58.7 Å². The molecule has 0 spiro atoms. The second-order valence-electron chi connectivity index (χ2n) is 8.51.